The molecule has 2 saturated heterocycles. The first kappa shape index (κ1) is 22.2. The van der Waals surface area contributed by atoms with E-state index in [1.54, 1.807) is 9.36 Å². The summed E-state index contributed by atoms with van der Waals surface area (Å²) in [7, 11) is 4.12. The molecule has 15 heteroatoms. The minimum absolute atomic E-state index is 0.235. The lowest BCUT2D eigenvalue weighted by molar-refractivity contribution is 0.0649. The van der Waals surface area contributed by atoms with Gasteiger partial charge in [-0.2, -0.15) is 0 Å². The van der Waals surface area contributed by atoms with E-state index < -0.39 is 0 Å². The van der Waals surface area contributed by atoms with Gasteiger partial charge in [-0.05, 0) is 25.9 Å². The fourth-order valence-electron chi connectivity index (χ4n) is 3.90. The number of likely N-dealkylation sites (N-methyl/N-ethyl adjacent to an activating group) is 2. The van der Waals surface area contributed by atoms with Gasteiger partial charge in [-0.15, -0.1) is 10.2 Å². The molecule has 2 fully saturated rings. The lowest BCUT2D eigenvalue weighted by atomic mass is 10.4. The van der Waals surface area contributed by atoms with Crippen LogP contribution in [-0.4, -0.2) is 128 Å². The molecule has 0 spiro atoms. The molecule has 2 N–H and O–H groups in total. The van der Waals surface area contributed by atoms with Crippen molar-refractivity contribution in [2.75, 3.05) is 66.5 Å². The summed E-state index contributed by atoms with van der Waals surface area (Å²) in [5, 5.41) is 21.5. The van der Waals surface area contributed by atoms with Gasteiger partial charge in [0.15, 0.2) is 11.4 Å². The van der Waals surface area contributed by atoms with Crippen molar-refractivity contribution in [2.24, 2.45) is 0 Å². The summed E-state index contributed by atoms with van der Waals surface area (Å²) in [4.78, 5) is 30.4. The molecular formula is C18H28N12O2S. The maximum atomic E-state index is 13.0. The third-order valence-corrected chi connectivity index (χ3v) is 7.25. The van der Waals surface area contributed by atoms with Crippen LogP contribution in [0.15, 0.2) is 10.1 Å². The quantitative estimate of drug-likeness (QED) is 0.499. The van der Waals surface area contributed by atoms with Crippen LogP contribution in [0.4, 0.5) is 0 Å². The van der Waals surface area contributed by atoms with E-state index in [9.17, 15) is 9.59 Å². The molecule has 3 aliphatic heterocycles. The first-order chi connectivity index (χ1) is 16.0. The van der Waals surface area contributed by atoms with Crippen LogP contribution in [0.1, 0.15) is 21.0 Å². The summed E-state index contributed by atoms with van der Waals surface area (Å²) in [5.41, 5.74) is 6.34. The van der Waals surface area contributed by atoms with Crippen molar-refractivity contribution in [3.05, 3.63) is 11.4 Å². The zero-order valence-corrected chi connectivity index (χ0v) is 19.6. The number of carbonyl (C=O) groups is 2. The first-order valence-corrected chi connectivity index (χ1v) is 11.8. The number of nitrogens with one attached hydrogen (secondary N) is 2. The fourth-order valence-corrected chi connectivity index (χ4v) is 5.01. The smallest absolute Gasteiger partial charge is 0.288 e. The number of hydrogen-bond donors (Lipinski definition) is 2. The second-order valence-corrected chi connectivity index (χ2v) is 9.47. The topological polar surface area (TPSA) is 133 Å². The standard InChI is InChI=1S/C18H28N12O2S/c1-25-3-7-27(8-4-25)21-15(31)13-17-29(23-19-13)11-12-30-18(33-17)14(20-24-30)16(32)22-28-9-5-26(2)6-10-28/h3-12H2,1-2H3,(H,21,31)(H,22,32). The molecule has 0 bridgehead atoms. The molecule has 5 rings (SSSR count). The highest BCUT2D eigenvalue weighted by atomic mass is 32.2. The Labute approximate surface area is 195 Å². The third-order valence-electron chi connectivity index (χ3n) is 6.05. The number of piperazine rings is 2. The molecule has 33 heavy (non-hydrogen) atoms. The zero-order chi connectivity index (χ0) is 22.9. The van der Waals surface area contributed by atoms with Crippen molar-refractivity contribution in [3.63, 3.8) is 0 Å². The van der Waals surface area contributed by atoms with Crippen LogP contribution < -0.4 is 10.9 Å². The number of hydrogen-bond acceptors (Lipinski definition) is 11. The molecule has 3 aliphatic rings. The second-order valence-electron chi connectivity index (χ2n) is 8.50. The Kier molecular flexibility index (Phi) is 6.29. The number of aromatic nitrogens is 6. The van der Waals surface area contributed by atoms with Gasteiger partial charge in [0.1, 0.15) is 10.1 Å². The van der Waals surface area contributed by atoms with E-state index in [-0.39, 0.29) is 23.2 Å². The number of aryl methyl sites for hydroxylation is 2. The number of carbonyl (C=O) groups excluding carboxylic acids is 2. The molecule has 2 aromatic heterocycles. The highest BCUT2D eigenvalue weighted by Crippen LogP contribution is 2.33. The van der Waals surface area contributed by atoms with E-state index >= 15 is 0 Å². The lowest BCUT2D eigenvalue weighted by Crippen LogP contribution is -2.52. The molecule has 0 saturated carbocycles. The average molecular weight is 477 g/mol. The SMILES string of the molecule is CN1CCN(NC(=O)c2nnn3c2Sc2c(C(=O)NN4CCN(C)CC4)nnn2CC3)CC1. The third kappa shape index (κ3) is 4.72. The average Bonchev–Trinajstić information content (AvgIpc) is 3.35. The molecule has 5 heterocycles. The number of hydrazine groups is 2. The van der Waals surface area contributed by atoms with E-state index in [2.05, 4.69) is 55.4 Å². The molecule has 178 valence electrons. The van der Waals surface area contributed by atoms with Crippen LogP contribution in [0.2, 0.25) is 0 Å². The predicted molar refractivity (Wildman–Crippen MR) is 117 cm³/mol. The van der Waals surface area contributed by atoms with Crippen LogP contribution in [0, 0.1) is 0 Å². The van der Waals surface area contributed by atoms with Crippen LogP contribution in [0.3, 0.4) is 0 Å². The minimum Gasteiger partial charge on any atom is -0.304 e. The van der Waals surface area contributed by atoms with Crippen molar-refractivity contribution in [3.8, 4) is 0 Å². The Morgan fingerprint density at radius 1 is 0.667 bits per heavy atom. The van der Waals surface area contributed by atoms with E-state index in [1.807, 2.05) is 10.0 Å². The maximum Gasteiger partial charge on any atom is 0.288 e. The van der Waals surface area contributed by atoms with Gasteiger partial charge in [0, 0.05) is 52.4 Å². The van der Waals surface area contributed by atoms with Gasteiger partial charge in [-0.25, -0.2) is 19.4 Å². The van der Waals surface area contributed by atoms with Crippen molar-refractivity contribution in [1.82, 2.24) is 60.7 Å². The predicted octanol–water partition coefficient (Wildman–Crippen LogP) is -2.18. The van der Waals surface area contributed by atoms with Crippen LogP contribution >= 0.6 is 11.8 Å². The first-order valence-electron chi connectivity index (χ1n) is 11.0. The van der Waals surface area contributed by atoms with E-state index in [0.717, 1.165) is 52.4 Å². The Morgan fingerprint density at radius 3 is 1.45 bits per heavy atom. The molecule has 0 radical (unpaired) electrons. The Hall–Kier alpha value is -2.59. The lowest BCUT2D eigenvalue weighted by Gasteiger charge is -2.32. The van der Waals surface area contributed by atoms with Crippen LogP contribution in [0.5, 0.6) is 0 Å². The molecule has 0 atom stereocenters. The zero-order valence-electron chi connectivity index (χ0n) is 18.8. The van der Waals surface area contributed by atoms with Crippen molar-refractivity contribution in [1.29, 1.82) is 0 Å². The summed E-state index contributed by atoms with van der Waals surface area (Å²) >= 11 is 1.25. The largest absolute Gasteiger partial charge is 0.304 e. The van der Waals surface area contributed by atoms with Crippen LogP contribution in [0.25, 0.3) is 0 Å². The van der Waals surface area contributed by atoms with Crippen molar-refractivity contribution >= 4 is 23.6 Å². The molecule has 0 aromatic carbocycles. The Bertz CT molecular complexity index is 942. The highest BCUT2D eigenvalue weighted by Gasteiger charge is 2.31. The number of rotatable bonds is 4. The fraction of sp³-hybridized carbons (Fsp3) is 0.667. The van der Waals surface area contributed by atoms with Gasteiger partial charge >= 0.3 is 0 Å². The van der Waals surface area contributed by atoms with E-state index in [0.29, 0.717) is 23.1 Å². The molecule has 2 aromatic rings. The summed E-state index contributed by atoms with van der Waals surface area (Å²) < 4.78 is 3.36. The van der Waals surface area contributed by atoms with Crippen molar-refractivity contribution < 1.29 is 9.59 Å². The van der Waals surface area contributed by atoms with Gasteiger partial charge in [0.25, 0.3) is 11.8 Å². The maximum absolute atomic E-state index is 13.0. The number of nitrogens with zero attached hydrogens (tertiary/aromatic N) is 10. The molecule has 0 aliphatic carbocycles. The van der Waals surface area contributed by atoms with Gasteiger partial charge in [0.05, 0.1) is 13.1 Å². The summed E-state index contributed by atoms with van der Waals surface area (Å²) in [5.74, 6) is -0.615. The van der Waals surface area contributed by atoms with Crippen LogP contribution in [-0.2, 0) is 13.1 Å². The van der Waals surface area contributed by atoms with Gasteiger partial charge in [-0.3, -0.25) is 20.4 Å². The molecule has 14 nitrogen and oxygen atoms in total. The molecular weight excluding hydrogens is 448 g/mol. The number of fused-ring (bicyclic) bond motifs is 2. The van der Waals surface area contributed by atoms with Crippen molar-refractivity contribution in [2.45, 2.75) is 23.1 Å². The van der Waals surface area contributed by atoms with Gasteiger partial charge in [0.2, 0.25) is 0 Å². The highest BCUT2D eigenvalue weighted by molar-refractivity contribution is 7.99. The van der Waals surface area contributed by atoms with Gasteiger partial charge in [-0.1, -0.05) is 10.4 Å². The number of amides is 2. The second kappa shape index (κ2) is 9.34. The monoisotopic (exact) mass is 476 g/mol. The Morgan fingerprint density at radius 2 is 1.06 bits per heavy atom. The van der Waals surface area contributed by atoms with E-state index in [1.165, 1.54) is 11.8 Å². The summed E-state index contributed by atoms with van der Waals surface area (Å²) in [6, 6.07) is 0. The minimum atomic E-state index is -0.308. The Balaban J connectivity index is 1.31. The van der Waals surface area contributed by atoms with Gasteiger partial charge < -0.3 is 9.80 Å². The summed E-state index contributed by atoms with van der Waals surface area (Å²) in [6.07, 6.45) is 0. The summed E-state index contributed by atoms with van der Waals surface area (Å²) in [6.45, 7) is 7.45. The molecule has 2 amide bonds. The molecule has 0 unspecified atom stereocenters. The van der Waals surface area contributed by atoms with E-state index in [4.69, 9.17) is 0 Å². The normalized spacial score (nSPS) is 20.7.